The molecule has 1 unspecified atom stereocenters. The molecule has 2 heterocycles. The van der Waals surface area contributed by atoms with Crippen LogP contribution >= 0.6 is 0 Å². The smallest absolute Gasteiger partial charge is 0.192 e. The predicted octanol–water partition coefficient (Wildman–Crippen LogP) is 1.90. The van der Waals surface area contributed by atoms with Crippen molar-refractivity contribution in [3.8, 4) is 0 Å². The van der Waals surface area contributed by atoms with E-state index in [1.165, 1.54) is 5.69 Å². The Kier molecular flexibility index (Phi) is 1.98. The van der Waals surface area contributed by atoms with Gasteiger partial charge in [-0.05, 0) is 31.9 Å². The van der Waals surface area contributed by atoms with Crippen LogP contribution in [0.3, 0.4) is 0 Å². The first-order valence-electron chi connectivity index (χ1n) is 6.65. The maximum absolute atomic E-state index is 12.6. The minimum atomic E-state index is 0.256. The number of hydrogen-bond donors (Lipinski definition) is 1. The molecule has 1 N–H and O–H groups in total. The average Bonchev–Trinajstić information content (AvgIpc) is 2.81. The fourth-order valence-electron chi connectivity index (χ4n) is 3.49. The van der Waals surface area contributed by atoms with Crippen molar-refractivity contribution >= 4 is 10.9 Å². The normalized spacial score (nSPS) is 21.3. The summed E-state index contributed by atoms with van der Waals surface area (Å²) in [7, 11) is 0. The largest absolute Gasteiger partial charge is 0.341 e. The fourth-order valence-corrected chi connectivity index (χ4v) is 3.49. The van der Waals surface area contributed by atoms with E-state index in [-0.39, 0.29) is 5.43 Å². The molecule has 1 aliphatic carbocycles. The van der Waals surface area contributed by atoms with Crippen LogP contribution in [0.15, 0.2) is 23.0 Å². The van der Waals surface area contributed by atoms with E-state index in [1.54, 1.807) is 0 Å². The Bertz CT molecular complexity index is 714. The van der Waals surface area contributed by atoms with Gasteiger partial charge < -0.3 is 9.88 Å². The zero-order valence-electron chi connectivity index (χ0n) is 10.5. The highest BCUT2D eigenvalue weighted by Crippen LogP contribution is 2.33. The van der Waals surface area contributed by atoms with Gasteiger partial charge in [0.25, 0.3) is 0 Å². The van der Waals surface area contributed by atoms with Crippen molar-refractivity contribution in [2.24, 2.45) is 0 Å². The minimum absolute atomic E-state index is 0.256. The second kappa shape index (κ2) is 3.45. The number of nitrogens with zero attached hydrogens (tertiary/aromatic N) is 1. The quantitative estimate of drug-likeness (QED) is 0.763. The van der Waals surface area contributed by atoms with Gasteiger partial charge in [-0.1, -0.05) is 11.6 Å². The van der Waals surface area contributed by atoms with Gasteiger partial charge in [0.15, 0.2) is 5.43 Å². The topological polar surface area (TPSA) is 34.0 Å². The number of benzene rings is 1. The molecular weight excluding hydrogens is 224 g/mol. The van der Waals surface area contributed by atoms with Crippen molar-refractivity contribution in [2.75, 3.05) is 6.54 Å². The molecule has 0 radical (unpaired) electrons. The van der Waals surface area contributed by atoms with E-state index in [0.29, 0.717) is 6.04 Å². The Balaban J connectivity index is 2.20. The van der Waals surface area contributed by atoms with Crippen LogP contribution in [0.1, 0.15) is 29.3 Å². The summed E-state index contributed by atoms with van der Waals surface area (Å²) in [6.45, 7) is 4.02. The van der Waals surface area contributed by atoms with Crippen molar-refractivity contribution < 1.29 is 0 Å². The number of aryl methyl sites for hydroxylation is 1. The lowest BCUT2D eigenvalue weighted by Gasteiger charge is -2.27. The fraction of sp³-hybridized carbons (Fsp3) is 0.400. The molecule has 92 valence electrons. The molecule has 1 aliphatic heterocycles. The van der Waals surface area contributed by atoms with E-state index < -0.39 is 0 Å². The number of pyridine rings is 1. The highest BCUT2D eigenvalue weighted by molar-refractivity contribution is 5.81. The third-order valence-electron chi connectivity index (χ3n) is 4.30. The van der Waals surface area contributed by atoms with Gasteiger partial charge in [0, 0.05) is 35.8 Å². The van der Waals surface area contributed by atoms with Crippen molar-refractivity contribution in [3.05, 3.63) is 45.2 Å². The molecule has 0 fully saturated rings. The van der Waals surface area contributed by atoms with E-state index in [1.807, 2.05) is 13.0 Å². The van der Waals surface area contributed by atoms with E-state index >= 15 is 0 Å². The van der Waals surface area contributed by atoms with Crippen LogP contribution in [0.2, 0.25) is 0 Å². The number of fused-ring (bicyclic) bond motifs is 2. The molecule has 2 aliphatic rings. The number of rotatable bonds is 0. The van der Waals surface area contributed by atoms with Gasteiger partial charge in [-0.2, -0.15) is 0 Å². The van der Waals surface area contributed by atoms with Crippen molar-refractivity contribution in [1.82, 2.24) is 9.88 Å². The summed E-state index contributed by atoms with van der Waals surface area (Å²) in [5, 5.41) is 4.42. The van der Waals surface area contributed by atoms with Crippen molar-refractivity contribution in [2.45, 2.75) is 32.4 Å². The SMILES string of the molecule is Cc1ccc2c(c1)c(=O)c1c3n2CCNC3CC1. The minimum Gasteiger partial charge on any atom is -0.341 e. The van der Waals surface area contributed by atoms with E-state index in [2.05, 4.69) is 22.0 Å². The molecule has 3 heteroatoms. The lowest BCUT2D eigenvalue weighted by atomic mass is 10.0. The molecule has 18 heavy (non-hydrogen) atoms. The maximum atomic E-state index is 12.6. The van der Waals surface area contributed by atoms with Crippen LogP contribution in [0, 0.1) is 6.92 Å². The van der Waals surface area contributed by atoms with Gasteiger partial charge in [-0.15, -0.1) is 0 Å². The van der Waals surface area contributed by atoms with Crippen LogP contribution in [0.25, 0.3) is 10.9 Å². The summed E-state index contributed by atoms with van der Waals surface area (Å²) < 4.78 is 2.36. The Hall–Kier alpha value is -1.61. The maximum Gasteiger partial charge on any atom is 0.192 e. The molecule has 0 spiro atoms. The van der Waals surface area contributed by atoms with Gasteiger partial charge in [-0.25, -0.2) is 0 Å². The molecule has 2 aromatic rings. The van der Waals surface area contributed by atoms with Crippen LogP contribution in [-0.2, 0) is 13.0 Å². The van der Waals surface area contributed by atoms with Gasteiger partial charge in [0.2, 0.25) is 0 Å². The second-order valence-corrected chi connectivity index (χ2v) is 5.41. The highest BCUT2D eigenvalue weighted by atomic mass is 16.1. The Morgan fingerprint density at radius 1 is 1.39 bits per heavy atom. The highest BCUT2D eigenvalue weighted by Gasteiger charge is 2.31. The molecular formula is C15H16N2O. The Morgan fingerprint density at radius 2 is 2.28 bits per heavy atom. The van der Waals surface area contributed by atoms with E-state index in [4.69, 9.17) is 0 Å². The first-order valence-corrected chi connectivity index (χ1v) is 6.65. The number of aromatic nitrogens is 1. The molecule has 3 nitrogen and oxygen atoms in total. The molecule has 1 atom stereocenters. The molecule has 1 aromatic carbocycles. The van der Waals surface area contributed by atoms with E-state index in [9.17, 15) is 4.79 Å². The summed E-state index contributed by atoms with van der Waals surface area (Å²) in [5.74, 6) is 0. The van der Waals surface area contributed by atoms with Crippen LogP contribution < -0.4 is 10.7 Å². The van der Waals surface area contributed by atoms with E-state index in [0.717, 1.165) is 48.0 Å². The number of hydrogen-bond acceptors (Lipinski definition) is 2. The van der Waals surface area contributed by atoms with Gasteiger partial charge >= 0.3 is 0 Å². The Morgan fingerprint density at radius 3 is 3.17 bits per heavy atom. The monoisotopic (exact) mass is 240 g/mol. The third kappa shape index (κ3) is 1.20. The lowest BCUT2D eigenvalue weighted by molar-refractivity contribution is 0.434. The molecule has 0 amide bonds. The lowest BCUT2D eigenvalue weighted by Crippen LogP contribution is -2.34. The molecule has 0 saturated heterocycles. The summed E-state index contributed by atoms with van der Waals surface area (Å²) in [4.78, 5) is 12.6. The van der Waals surface area contributed by atoms with Gasteiger partial charge in [0.1, 0.15) is 0 Å². The molecule has 0 bridgehead atoms. The predicted molar refractivity (Wildman–Crippen MR) is 72.0 cm³/mol. The second-order valence-electron chi connectivity index (χ2n) is 5.41. The van der Waals surface area contributed by atoms with Gasteiger partial charge in [-0.3, -0.25) is 4.79 Å². The zero-order valence-corrected chi connectivity index (χ0v) is 10.5. The van der Waals surface area contributed by atoms with Crippen LogP contribution in [-0.4, -0.2) is 11.1 Å². The average molecular weight is 240 g/mol. The third-order valence-corrected chi connectivity index (χ3v) is 4.30. The summed E-state index contributed by atoms with van der Waals surface area (Å²) in [6, 6.07) is 6.64. The van der Waals surface area contributed by atoms with Gasteiger partial charge in [0.05, 0.1) is 5.52 Å². The molecule has 4 rings (SSSR count). The Labute approximate surface area is 105 Å². The first kappa shape index (κ1) is 10.3. The molecule has 1 aromatic heterocycles. The summed E-state index contributed by atoms with van der Waals surface area (Å²) >= 11 is 0. The van der Waals surface area contributed by atoms with Crippen molar-refractivity contribution in [3.63, 3.8) is 0 Å². The summed E-state index contributed by atoms with van der Waals surface area (Å²) in [6.07, 6.45) is 2.00. The number of nitrogens with one attached hydrogen (secondary N) is 1. The standard InChI is InChI=1S/C15H16N2O/c1-9-2-5-13-11(8-9)15(18)10-3-4-12-14(10)17(13)7-6-16-12/h2,5,8,12,16H,3-4,6-7H2,1H3. The summed E-state index contributed by atoms with van der Waals surface area (Å²) in [5.41, 5.74) is 4.83. The van der Waals surface area contributed by atoms with Crippen molar-refractivity contribution in [1.29, 1.82) is 0 Å². The molecule has 0 saturated carbocycles. The zero-order chi connectivity index (χ0) is 12.3. The first-order chi connectivity index (χ1) is 8.75. The van der Waals surface area contributed by atoms with Crippen LogP contribution in [0.5, 0.6) is 0 Å². The van der Waals surface area contributed by atoms with Crippen LogP contribution in [0.4, 0.5) is 0 Å².